The fraction of sp³-hybridized carbons (Fsp3) is 0.200. The van der Waals surface area contributed by atoms with Crippen LogP contribution in [0.1, 0.15) is 17.3 Å². The van der Waals surface area contributed by atoms with E-state index in [1.807, 2.05) is 0 Å². The molecule has 0 aliphatic rings. The molecule has 0 spiro atoms. The van der Waals surface area contributed by atoms with Crippen molar-refractivity contribution in [2.24, 2.45) is 0 Å². The lowest BCUT2D eigenvalue weighted by Crippen LogP contribution is -2.02. The molecular weight excluding hydrogens is 168 g/mol. The molecule has 0 amide bonds. The van der Waals surface area contributed by atoms with E-state index in [2.05, 4.69) is 0 Å². The number of rotatable bonds is 2. The molecule has 0 unspecified atom stereocenters. The quantitative estimate of drug-likeness (QED) is 0.640. The van der Waals surface area contributed by atoms with Gasteiger partial charge in [-0.2, -0.15) is 0 Å². The highest BCUT2D eigenvalue weighted by Gasteiger charge is 2.00. The Labute approximate surface area is 76.0 Å². The summed E-state index contributed by atoms with van der Waals surface area (Å²) in [6, 6.07) is 6.03. The number of hydrogen-bond acceptors (Lipinski definition) is 3. The first-order chi connectivity index (χ1) is 6.15. The SMILES string of the molecule is COc1cccc(C(C)=O)cc1=O. The number of methoxy groups -OCH3 is 1. The molecule has 1 rings (SSSR count). The predicted octanol–water partition coefficient (Wildman–Crippen LogP) is 1.26. The van der Waals surface area contributed by atoms with Gasteiger partial charge in [0.25, 0.3) is 0 Å². The first-order valence-corrected chi connectivity index (χ1v) is 3.84. The Balaban J connectivity index is 3.36. The third kappa shape index (κ3) is 2.15. The molecule has 0 saturated carbocycles. The molecule has 0 N–H and O–H groups in total. The lowest BCUT2D eigenvalue weighted by Gasteiger charge is -1.90. The van der Waals surface area contributed by atoms with E-state index in [0.717, 1.165) is 0 Å². The number of Topliss-reactive ketones (excluding diaryl/α,β-unsaturated/α-hetero) is 1. The standard InChI is InChI=1S/C10H10O3/c1-7(11)8-4-3-5-10(13-2)9(12)6-8/h3-6H,1-2H3. The van der Waals surface area contributed by atoms with E-state index < -0.39 is 0 Å². The molecule has 0 saturated heterocycles. The van der Waals surface area contributed by atoms with E-state index in [4.69, 9.17) is 4.74 Å². The van der Waals surface area contributed by atoms with Gasteiger partial charge in [0.2, 0.25) is 5.43 Å². The third-order valence-corrected chi connectivity index (χ3v) is 1.68. The average Bonchev–Trinajstić information content (AvgIpc) is 2.26. The molecule has 1 aromatic rings. The zero-order valence-electron chi connectivity index (χ0n) is 7.53. The highest BCUT2D eigenvalue weighted by molar-refractivity contribution is 5.93. The third-order valence-electron chi connectivity index (χ3n) is 1.68. The molecule has 0 aliphatic carbocycles. The Morgan fingerprint density at radius 3 is 2.62 bits per heavy atom. The summed E-state index contributed by atoms with van der Waals surface area (Å²) < 4.78 is 4.82. The molecule has 1 aromatic carbocycles. The number of carbonyl (C=O) groups is 1. The van der Waals surface area contributed by atoms with E-state index in [1.165, 1.54) is 26.2 Å². The van der Waals surface area contributed by atoms with Crippen molar-refractivity contribution >= 4 is 5.78 Å². The van der Waals surface area contributed by atoms with Crippen LogP contribution in [0.25, 0.3) is 0 Å². The maximum atomic E-state index is 11.3. The van der Waals surface area contributed by atoms with Gasteiger partial charge in [0, 0.05) is 11.6 Å². The zero-order valence-corrected chi connectivity index (χ0v) is 7.53. The maximum absolute atomic E-state index is 11.3. The molecule has 0 aliphatic heterocycles. The molecule has 0 atom stereocenters. The van der Waals surface area contributed by atoms with Gasteiger partial charge in [-0.3, -0.25) is 9.59 Å². The summed E-state index contributed by atoms with van der Waals surface area (Å²) in [4.78, 5) is 22.3. The van der Waals surface area contributed by atoms with Crippen molar-refractivity contribution in [1.29, 1.82) is 0 Å². The summed E-state index contributed by atoms with van der Waals surface area (Å²) in [5.41, 5.74) is 0.117. The average molecular weight is 178 g/mol. The Hall–Kier alpha value is -1.64. The van der Waals surface area contributed by atoms with E-state index in [0.29, 0.717) is 5.56 Å². The highest BCUT2D eigenvalue weighted by atomic mass is 16.5. The molecule has 0 heterocycles. The summed E-state index contributed by atoms with van der Waals surface area (Å²) in [6.45, 7) is 1.42. The van der Waals surface area contributed by atoms with Gasteiger partial charge in [0.15, 0.2) is 11.5 Å². The van der Waals surface area contributed by atoms with Crippen molar-refractivity contribution < 1.29 is 9.53 Å². The van der Waals surface area contributed by atoms with Crippen LogP contribution in [0.2, 0.25) is 0 Å². The summed E-state index contributed by atoms with van der Waals surface area (Å²) in [7, 11) is 1.42. The van der Waals surface area contributed by atoms with Crippen molar-refractivity contribution in [2.45, 2.75) is 6.92 Å². The minimum absolute atomic E-state index is 0.129. The molecular formula is C10H10O3. The summed E-state index contributed by atoms with van der Waals surface area (Å²) >= 11 is 0. The van der Waals surface area contributed by atoms with Crippen molar-refractivity contribution in [1.82, 2.24) is 0 Å². The van der Waals surface area contributed by atoms with Gasteiger partial charge in [-0.1, -0.05) is 12.1 Å². The normalized spacial score (nSPS) is 9.38. The van der Waals surface area contributed by atoms with Crippen LogP contribution in [-0.4, -0.2) is 12.9 Å². The fourth-order valence-corrected chi connectivity index (χ4v) is 0.969. The lowest BCUT2D eigenvalue weighted by molar-refractivity contribution is 0.101. The smallest absolute Gasteiger partial charge is 0.221 e. The van der Waals surface area contributed by atoms with Gasteiger partial charge >= 0.3 is 0 Å². The van der Waals surface area contributed by atoms with Crippen LogP contribution in [-0.2, 0) is 0 Å². The van der Waals surface area contributed by atoms with Gasteiger partial charge in [-0.15, -0.1) is 0 Å². The Morgan fingerprint density at radius 2 is 2.08 bits per heavy atom. The van der Waals surface area contributed by atoms with Crippen LogP contribution in [0.5, 0.6) is 5.75 Å². The fourth-order valence-electron chi connectivity index (χ4n) is 0.969. The minimum atomic E-state index is -0.280. The predicted molar refractivity (Wildman–Crippen MR) is 49.3 cm³/mol. The van der Waals surface area contributed by atoms with Gasteiger partial charge in [0.1, 0.15) is 0 Å². The highest BCUT2D eigenvalue weighted by Crippen LogP contribution is 2.02. The minimum Gasteiger partial charge on any atom is -0.493 e. The first kappa shape index (κ1) is 9.45. The van der Waals surface area contributed by atoms with Crippen molar-refractivity contribution in [3.63, 3.8) is 0 Å². The van der Waals surface area contributed by atoms with Crippen molar-refractivity contribution in [3.05, 3.63) is 40.1 Å². The second-order valence-electron chi connectivity index (χ2n) is 2.61. The Morgan fingerprint density at radius 1 is 1.38 bits per heavy atom. The van der Waals surface area contributed by atoms with Crippen LogP contribution >= 0.6 is 0 Å². The molecule has 68 valence electrons. The summed E-state index contributed by atoms with van der Waals surface area (Å²) in [5.74, 6) is 0.114. The van der Waals surface area contributed by atoms with E-state index in [9.17, 15) is 9.59 Å². The summed E-state index contributed by atoms with van der Waals surface area (Å²) in [6.07, 6.45) is 0. The van der Waals surface area contributed by atoms with E-state index in [1.54, 1.807) is 12.1 Å². The second kappa shape index (κ2) is 3.85. The van der Waals surface area contributed by atoms with Crippen LogP contribution in [0.15, 0.2) is 29.1 Å². The van der Waals surface area contributed by atoms with Crippen molar-refractivity contribution in [3.8, 4) is 5.75 Å². The van der Waals surface area contributed by atoms with Crippen LogP contribution in [0, 0.1) is 0 Å². The van der Waals surface area contributed by atoms with E-state index >= 15 is 0 Å². The number of carbonyl (C=O) groups excluding carboxylic acids is 1. The van der Waals surface area contributed by atoms with Crippen LogP contribution in [0.4, 0.5) is 0 Å². The van der Waals surface area contributed by atoms with Gasteiger partial charge in [0.05, 0.1) is 7.11 Å². The van der Waals surface area contributed by atoms with E-state index in [-0.39, 0.29) is 17.0 Å². The molecule has 3 nitrogen and oxygen atoms in total. The second-order valence-corrected chi connectivity index (χ2v) is 2.61. The number of hydrogen-bond donors (Lipinski definition) is 0. The van der Waals surface area contributed by atoms with Crippen LogP contribution in [0.3, 0.4) is 0 Å². The monoisotopic (exact) mass is 178 g/mol. The van der Waals surface area contributed by atoms with Crippen LogP contribution < -0.4 is 10.2 Å². The molecule has 0 aromatic heterocycles. The van der Waals surface area contributed by atoms with Crippen molar-refractivity contribution in [2.75, 3.05) is 7.11 Å². The molecule has 0 bridgehead atoms. The molecule has 13 heavy (non-hydrogen) atoms. The largest absolute Gasteiger partial charge is 0.493 e. The first-order valence-electron chi connectivity index (χ1n) is 3.84. The molecule has 0 radical (unpaired) electrons. The number of ether oxygens (including phenoxy) is 1. The van der Waals surface area contributed by atoms with Gasteiger partial charge in [-0.05, 0) is 13.0 Å². The topological polar surface area (TPSA) is 43.4 Å². The zero-order chi connectivity index (χ0) is 9.84. The summed E-state index contributed by atoms with van der Waals surface area (Å²) in [5, 5.41) is 0. The lowest BCUT2D eigenvalue weighted by atomic mass is 10.2. The maximum Gasteiger partial charge on any atom is 0.221 e. The Bertz CT molecular complexity index is 382. The number of ketones is 1. The Kier molecular flexibility index (Phi) is 2.80. The molecule has 3 heteroatoms. The van der Waals surface area contributed by atoms with Gasteiger partial charge < -0.3 is 4.74 Å². The molecule has 0 fully saturated rings. The van der Waals surface area contributed by atoms with Gasteiger partial charge in [-0.25, -0.2) is 0 Å².